The van der Waals surface area contributed by atoms with Crippen molar-refractivity contribution < 1.29 is 13.2 Å². The molecule has 0 aliphatic carbocycles. The van der Waals surface area contributed by atoms with E-state index in [0.717, 1.165) is 11.9 Å². The molecule has 0 aliphatic heterocycles. The summed E-state index contributed by atoms with van der Waals surface area (Å²) in [6.45, 7) is 2.04. The van der Waals surface area contributed by atoms with Gasteiger partial charge in [0.1, 0.15) is 9.84 Å². The molecule has 1 unspecified atom stereocenters. The van der Waals surface area contributed by atoms with E-state index in [1.807, 2.05) is 6.92 Å². The number of aryl methyl sites for hydroxylation is 1. The summed E-state index contributed by atoms with van der Waals surface area (Å²) in [4.78, 5) is 19.7. The fourth-order valence-corrected chi connectivity index (χ4v) is 1.97. The molecule has 0 saturated heterocycles. The van der Waals surface area contributed by atoms with Gasteiger partial charge in [0.2, 0.25) is 5.91 Å². The molecule has 0 aliphatic rings. The summed E-state index contributed by atoms with van der Waals surface area (Å²) in [5, 5.41) is 2.59. The minimum Gasteiger partial charge on any atom is -0.349 e. The van der Waals surface area contributed by atoms with Gasteiger partial charge in [-0.05, 0) is 13.3 Å². The number of nitrogens with one attached hydrogen (secondary N) is 1. The number of amides is 1. The van der Waals surface area contributed by atoms with Crippen molar-refractivity contribution in [2.75, 3.05) is 12.0 Å². The topological polar surface area (TPSA) is 115 Å². The molecule has 0 aromatic carbocycles. The Morgan fingerprint density at radius 2 is 2.11 bits per heavy atom. The molecule has 0 spiro atoms. The zero-order valence-corrected chi connectivity index (χ0v) is 11.8. The fourth-order valence-electron chi connectivity index (χ4n) is 1.29. The normalized spacial score (nSPS) is 13.0. The Labute approximate surface area is 112 Å². The summed E-state index contributed by atoms with van der Waals surface area (Å²) in [7, 11) is -3.11. The second-order valence-electron chi connectivity index (χ2n) is 4.39. The lowest BCUT2D eigenvalue weighted by Gasteiger charge is -2.11. The van der Waals surface area contributed by atoms with Crippen molar-refractivity contribution in [1.82, 2.24) is 15.3 Å². The highest BCUT2D eigenvalue weighted by atomic mass is 32.2. The maximum atomic E-state index is 11.6. The van der Waals surface area contributed by atoms with Crippen molar-refractivity contribution in [3.63, 3.8) is 0 Å². The van der Waals surface area contributed by atoms with E-state index >= 15 is 0 Å². The van der Waals surface area contributed by atoms with Gasteiger partial charge in [0.25, 0.3) is 0 Å². The molecule has 0 saturated carbocycles. The highest BCUT2D eigenvalue weighted by Crippen LogP contribution is 1.96. The van der Waals surface area contributed by atoms with Crippen LogP contribution in [0.4, 0.5) is 0 Å². The van der Waals surface area contributed by atoms with Crippen molar-refractivity contribution in [3.8, 4) is 0 Å². The zero-order valence-electron chi connectivity index (χ0n) is 11.0. The maximum Gasteiger partial charge on any atom is 0.237 e. The molecular formula is C11H18N4O3S. The van der Waals surface area contributed by atoms with Crippen molar-refractivity contribution in [1.29, 1.82) is 0 Å². The number of hydrogen-bond donors (Lipinski definition) is 2. The molecule has 0 fully saturated rings. The zero-order chi connectivity index (χ0) is 14.5. The largest absolute Gasteiger partial charge is 0.349 e. The van der Waals surface area contributed by atoms with Crippen LogP contribution in [0.3, 0.4) is 0 Å². The minimum absolute atomic E-state index is 0.101. The van der Waals surface area contributed by atoms with Crippen LogP contribution in [0.2, 0.25) is 0 Å². The number of carbonyl (C=O) groups excluding carboxylic acids is 1. The van der Waals surface area contributed by atoms with Gasteiger partial charge < -0.3 is 11.1 Å². The van der Waals surface area contributed by atoms with Gasteiger partial charge in [0, 0.05) is 12.5 Å². The average molecular weight is 286 g/mol. The van der Waals surface area contributed by atoms with E-state index in [1.54, 1.807) is 12.4 Å². The van der Waals surface area contributed by atoms with E-state index in [-0.39, 0.29) is 18.7 Å². The molecule has 1 aromatic rings. The molecule has 1 atom stereocenters. The number of carbonyl (C=O) groups is 1. The smallest absolute Gasteiger partial charge is 0.237 e. The summed E-state index contributed by atoms with van der Waals surface area (Å²) in [5.41, 5.74) is 7.01. The van der Waals surface area contributed by atoms with Gasteiger partial charge in [-0.15, -0.1) is 0 Å². The van der Waals surface area contributed by atoms with Crippen LogP contribution in [-0.4, -0.2) is 42.3 Å². The van der Waals surface area contributed by atoms with Crippen molar-refractivity contribution in [2.45, 2.75) is 25.9 Å². The monoisotopic (exact) mass is 286 g/mol. The molecule has 1 heterocycles. The third kappa shape index (κ3) is 6.25. The first-order valence-corrected chi connectivity index (χ1v) is 7.82. The summed E-state index contributed by atoms with van der Waals surface area (Å²) in [6, 6.07) is -0.840. The van der Waals surface area contributed by atoms with Crippen LogP contribution in [0.5, 0.6) is 0 Å². The summed E-state index contributed by atoms with van der Waals surface area (Å²) in [5.74, 6) is -0.502. The molecule has 1 rings (SSSR count). The second kappa shape index (κ2) is 6.58. The van der Waals surface area contributed by atoms with E-state index in [4.69, 9.17) is 5.73 Å². The molecule has 106 valence electrons. The number of nitrogens with two attached hydrogens (primary N) is 1. The fraction of sp³-hybridized carbons (Fsp3) is 0.545. The lowest BCUT2D eigenvalue weighted by Crippen LogP contribution is -2.41. The lowest BCUT2D eigenvalue weighted by atomic mass is 10.2. The van der Waals surface area contributed by atoms with E-state index in [2.05, 4.69) is 15.3 Å². The number of nitrogens with zero attached hydrogens (tertiary/aromatic N) is 2. The predicted octanol–water partition coefficient (Wildman–Crippen LogP) is -0.837. The molecule has 3 N–H and O–H groups in total. The van der Waals surface area contributed by atoms with Crippen LogP contribution in [0.25, 0.3) is 0 Å². The predicted molar refractivity (Wildman–Crippen MR) is 70.9 cm³/mol. The quantitative estimate of drug-likeness (QED) is 0.705. The second-order valence-corrected chi connectivity index (χ2v) is 6.65. The van der Waals surface area contributed by atoms with Crippen LogP contribution in [0.15, 0.2) is 12.4 Å². The average Bonchev–Trinajstić information content (AvgIpc) is 2.34. The SMILES string of the molecule is Cc1cnc(CNC(=O)C(N)CCS(C)(=O)=O)cn1. The Kier molecular flexibility index (Phi) is 5.37. The summed E-state index contributed by atoms with van der Waals surface area (Å²) < 4.78 is 21.9. The van der Waals surface area contributed by atoms with E-state index in [1.165, 1.54) is 0 Å². The van der Waals surface area contributed by atoms with Crippen molar-refractivity contribution in [3.05, 3.63) is 23.8 Å². The van der Waals surface area contributed by atoms with E-state index < -0.39 is 21.8 Å². The Bertz CT molecular complexity index is 527. The number of rotatable bonds is 6. The number of hydrogen-bond acceptors (Lipinski definition) is 6. The van der Waals surface area contributed by atoms with Gasteiger partial charge in [0.05, 0.1) is 35.9 Å². The Balaban J connectivity index is 2.40. The molecule has 0 radical (unpaired) electrons. The van der Waals surface area contributed by atoms with Crippen molar-refractivity contribution >= 4 is 15.7 Å². The number of sulfone groups is 1. The Morgan fingerprint density at radius 1 is 1.42 bits per heavy atom. The lowest BCUT2D eigenvalue weighted by molar-refractivity contribution is -0.122. The van der Waals surface area contributed by atoms with E-state index in [0.29, 0.717) is 5.69 Å². The van der Waals surface area contributed by atoms with Crippen LogP contribution >= 0.6 is 0 Å². The standard InChI is InChI=1S/C11H18N4O3S/c1-8-5-14-9(6-13-8)7-15-11(16)10(12)3-4-19(2,17)18/h5-6,10H,3-4,7,12H2,1-2H3,(H,15,16). The third-order valence-electron chi connectivity index (χ3n) is 2.41. The van der Waals surface area contributed by atoms with Gasteiger partial charge in [-0.3, -0.25) is 14.8 Å². The summed E-state index contributed by atoms with van der Waals surface area (Å²) in [6.07, 6.45) is 4.38. The Morgan fingerprint density at radius 3 is 2.63 bits per heavy atom. The third-order valence-corrected chi connectivity index (χ3v) is 3.39. The first-order valence-electron chi connectivity index (χ1n) is 5.76. The van der Waals surface area contributed by atoms with Crippen LogP contribution in [0.1, 0.15) is 17.8 Å². The van der Waals surface area contributed by atoms with Gasteiger partial charge in [-0.1, -0.05) is 0 Å². The van der Waals surface area contributed by atoms with Crippen LogP contribution in [-0.2, 0) is 21.2 Å². The number of aromatic nitrogens is 2. The first-order chi connectivity index (χ1) is 8.78. The van der Waals surface area contributed by atoms with Crippen LogP contribution < -0.4 is 11.1 Å². The van der Waals surface area contributed by atoms with Crippen LogP contribution in [0, 0.1) is 6.92 Å². The summed E-state index contributed by atoms with van der Waals surface area (Å²) >= 11 is 0. The van der Waals surface area contributed by atoms with Crippen molar-refractivity contribution in [2.24, 2.45) is 5.73 Å². The Hall–Kier alpha value is -1.54. The molecule has 8 heteroatoms. The van der Waals surface area contributed by atoms with Gasteiger partial charge in [-0.2, -0.15) is 0 Å². The maximum absolute atomic E-state index is 11.6. The molecule has 1 aromatic heterocycles. The van der Waals surface area contributed by atoms with Gasteiger partial charge >= 0.3 is 0 Å². The molecule has 1 amide bonds. The van der Waals surface area contributed by atoms with Gasteiger partial charge in [-0.25, -0.2) is 8.42 Å². The highest BCUT2D eigenvalue weighted by molar-refractivity contribution is 7.90. The molecule has 0 bridgehead atoms. The highest BCUT2D eigenvalue weighted by Gasteiger charge is 2.15. The van der Waals surface area contributed by atoms with E-state index in [9.17, 15) is 13.2 Å². The molecule has 7 nitrogen and oxygen atoms in total. The minimum atomic E-state index is -3.11. The van der Waals surface area contributed by atoms with Gasteiger partial charge in [0.15, 0.2) is 0 Å². The molecule has 19 heavy (non-hydrogen) atoms. The molecular weight excluding hydrogens is 268 g/mol. The first kappa shape index (κ1) is 15.5.